The van der Waals surface area contributed by atoms with Crippen LogP contribution in [-0.2, 0) is 9.47 Å². The molecule has 2 rings (SSSR count). The van der Waals surface area contributed by atoms with Crippen LogP contribution in [0, 0.1) is 0 Å². The highest BCUT2D eigenvalue weighted by Crippen LogP contribution is 2.35. The van der Waals surface area contributed by atoms with Gasteiger partial charge in [-0.1, -0.05) is 12.8 Å². The van der Waals surface area contributed by atoms with E-state index in [4.69, 9.17) is 9.47 Å². The maximum atomic E-state index is 10.6. The molecule has 0 aromatic rings. The lowest BCUT2D eigenvalue weighted by molar-refractivity contribution is -0.125. The SMILES string of the molecule is COC1CCCCC1(O)CCC1CCCO1. The molecule has 3 unspecified atom stereocenters. The zero-order valence-electron chi connectivity index (χ0n) is 10.3. The van der Waals surface area contributed by atoms with Crippen molar-refractivity contribution in [2.45, 2.75) is 69.2 Å². The third-order valence-corrected chi connectivity index (χ3v) is 4.13. The van der Waals surface area contributed by atoms with E-state index >= 15 is 0 Å². The molecule has 1 heterocycles. The quantitative estimate of drug-likeness (QED) is 0.802. The van der Waals surface area contributed by atoms with Gasteiger partial charge in [0.15, 0.2) is 0 Å². The standard InChI is InChI=1S/C13H24O3/c1-15-12-6-2-3-8-13(12,14)9-7-11-5-4-10-16-11/h11-12,14H,2-10H2,1H3. The second kappa shape index (κ2) is 5.48. The van der Waals surface area contributed by atoms with Gasteiger partial charge in [0.25, 0.3) is 0 Å². The van der Waals surface area contributed by atoms with Gasteiger partial charge in [-0.3, -0.25) is 0 Å². The fourth-order valence-electron chi connectivity index (χ4n) is 3.10. The first kappa shape index (κ1) is 12.3. The van der Waals surface area contributed by atoms with E-state index in [1.807, 2.05) is 0 Å². The van der Waals surface area contributed by atoms with Crippen molar-refractivity contribution in [2.75, 3.05) is 13.7 Å². The Labute approximate surface area is 98.1 Å². The number of rotatable bonds is 4. The number of hydrogen-bond donors (Lipinski definition) is 1. The van der Waals surface area contributed by atoms with Crippen molar-refractivity contribution in [3.8, 4) is 0 Å². The van der Waals surface area contributed by atoms with E-state index in [-0.39, 0.29) is 6.10 Å². The summed E-state index contributed by atoms with van der Waals surface area (Å²) in [5.74, 6) is 0. The molecule has 3 atom stereocenters. The van der Waals surface area contributed by atoms with Gasteiger partial charge in [0, 0.05) is 13.7 Å². The Hall–Kier alpha value is -0.120. The normalized spacial score (nSPS) is 40.1. The molecule has 1 N–H and O–H groups in total. The number of methoxy groups -OCH3 is 1. The predicted molar refractivity (Wildman–Crippen MR) is 62.4 cm³/mol. The van der Waals surface area contributed by atoms with E-state index < -0.39 is 5.60 Å². The minimum atomic E-state index is -0.598. The average molecular weight is 228 g/mol. The molecule has 2 aliphatic rings. The monoisotopic (exact) mass is 228 g/mol. The molecular weight excluding hydrogens is 204 g/mol. The molecule has 1 saturated heterocycles. The summed E-state index contributed by atoms with van der Waals surface area (Å²) in [7, 11) is 1.72. The number of aliphatic hydroxyl groups is 1. The van der Waals surface area contributed by atoms with Gasteiger partial charge >= 0.3 is 0 Å². The zero-order valence-corrected chi connectivity index (χ0v) is 10.3. The van der Waals surface area contributed by atoms with Crippen LogP contribution in [0.4, 0.5) is 0 Å². The summed E-state index contributed by atoms with van der Waals surface area (Å²) < 4.78 is 11.0. The van der Waals surface area contributed by atoms with Crippen molar-refractivity contribution in [3.05, 3.63) is 0 Å². The van der Waals surface area contributed by atoms with E-state index in [9.17, 15) is 5.11 Å². The highest BCUT2D eigenvalue weighted by atomic mass is 16.5. The van der Waals surface area contributed by atoms with Crippen LogP contribution in [0.15, 0.2) is 0 Å². The molecule has 2 fully saturated rings. The Morgan fingerprint density at radius 2 is 2.19 bits per heavy atom. The molecule has 3 heteroatoms. The van der Waals surface area contributed by atoms with E-state index in [1.165, 1.54) is 12.8 Å². The van der Waals surface area contributed by atoms with E-state index in [0.717, 1.165) is 45.1 Å². The van der Waals surface area contributed by atoms with Gasteiger partial charge in [0.2, 0.25) is 0 Å². The van der Waals surface area contributed by atoms with Crippen LogP contribution in [0.1, 0.15) is 51.4 Å². The first-order valence-corrected chi connectivity index (χ1v) is 6.61. The van der Waals surface area contributed by atoms with E-state index in [2.05, 4.69) is 0 Å². The molecule has 16 heavy (non-hydrogen) atoms. The molecule has 0 aromatic heterocycles. The van der Waals surface area contributed by atoms with E-state index in [0.29, 0.717) is 6.10 Å². The topological polar surface area (TPSA) is 38.7 Å². The van der Waals surface area contributed by atoms with Gasteiger partial charge < -0.3 is 14.6 Å². The first-order chi connectivity index (χ1) is 7.74. The van der Waals surface area contributed by atoms with Crippen molar-refractivity contribution in [3.63, 3.8) is 0 Å². The summed E-state index contributed by atoms with van der Waals surface area (Å²) in [6.07, 6.45) is 8.75. The fraction of sp³-hybridized carbons (Fsp3) is 1.00. The second-order valence-electron chi connectivity index (χ2n) is 5.25. The Morgan fingerprint density at radius 3 is 2.88 bits per heavy atom. The maximum absolute atomic E-state index is 10.6. The summed E-state index contributed by atoms with van der Waals surface area (Å²) in [5.41, 5.74) is -0.598. The summed E-state index contributed by atoms with van der Waals surface area (Å²) in [6.45, 7) is 0.900. The van der Waals surface area contributed by atoms with Gasteiger partial charge in [-0.15, -0.1) is 0 Å². The van der Waals surface area contributed by atoms with Crippen LogP contribution in [0.5, 0.6) is 0 Å². The highest BCUT2D eigenvalue weighted by molar-refractivity contribution is 4.91. The van der Waals surface area contributed by atoms with Gasteiger partial charge in [-0.05, 0) is 38.5 Å². The predicted octanol–water partition coefficient (Wildman–Crippen LogP) is 2.27. The summed E-state index contributed by atoms with van der Waals surface area (Å²) in [4.78, 5) is 0. The Balaban J connectivity index is 1.84. The molecule has 0 radical (unpaired) electrons. The van der Waals surface area contributed by atoms with Crippen molar-refractivity contribution in [2.24, 2.45) is 0 Å². The molecular formula is C13H24O3. The summed E-state index contributed by atoms with van der Waals surface area (Å²) in [5, 5.41) is 10.6. The summed E-state index contributed by atoms with van der Waals surface area (Å²) >= 11 is 0. The molecule has 1 saturated carbocycles. The fourth-order valence-corrected chi connectivity index (χ4v) is 3.10. The van der Waals surface area contributed by atoms with Crippen LogP contribution >= 0.6 is 0 Å². The molecule has 1 aliphatic carbocycles. The largest absolute Gasteiger partial charge is 0.387 e. The van der Waals surface area contributed by atoms with Crippen LogP contribution in [-0.4, -0.2) is 36.6 Å². The van der Waals surface area contributed by atoms with E-state index in [1.54, 1.807) is 7.11 Å². The molecule has 0 amide bonds. The average Bonchev–Trinajstić information content (AvgIpc) is 2.80. The molecule has 94 valence electrons. The van der Waals surface area contributed by atoms with Gasteiger partial charge in [-0.2, -0.15) is 0 Å². The van der Waals surface area contributed by atoms with Crippen LogP contribution in [0.3, 0.4) is 0 Å². The van der Waals surface area contributed by atoms with Crippen LogP contribution < -0.4 is 0 Å². The lowest BCUT2D eigenvalue weighted by Gasteiger charge is -2.39. The number of hydrogen-bond acceptors (Lipinski definition) is 3. The van der Waals surface area contributed by atoms with Crippen molar-refractivity contribution in [1.82, 2.24) is 0 Å². The van der Waals surface area contributed by atoms with Crippen LogP contribution in [0.2, 0.25) is 0 Å². The zero-order chi connectivity index (χ0) is 11.4. The Kier molecular flexibility index (Phi) is 4.22. The molecule has 3 nitrogen and oxygen atoms in total. The van der Waals surface area contributed by atoms with Gasteiger partial charge in [0.05, 0.1) is 17.8 Å². The molecule has 1 aliphatic heterocycles. The second-order valence-corrected chi connectivity index (χ2v) is 5.25. The van der Waals surface area contributed by atoms with Gasteiger partial charge in [0.1, 0.15) is 0 Å². The smallest absolute Gasteiger partial charge is 0.0909 e. The van der Waals surface area contributed by atoms with Crippen molar-refractivity contribution >= 4 is 0 Å². The molecule has 0 bridgehead atoms. The molecule has 0 spiro atoms. The third kappa shape index (κ3) is 2.76. The summed E-state index contributed by atoms with van der Waals surface area (Å²) in [6, 6.07) is 0. The lowest BCUT2D eigenvalue weighted by Crippen LogP contribution is -2.46. The Morgan fingerprint density at radius 1 is 1.31 bits per heavy atom. The van der Waals surface area contributed by atoms with Crippen molar-refractivity contribution in [1.29, 1.82) is 0 Å². The third-order valence-electron chi connectivity index (χ3n) is 4.13. The van der Waals surface area contributed by atoms with Gasteiger partial charge in [-0.25, -0.2) is 0 Å². The van der Waals surface area contributed by atoms with Crippen LogP contribution in [0.25, 0.3) is 0 Å². The minimum Gasteiger partial charge on any atom is -0.387 e. The maximum Gasteiger partial charge on any atom is 0.0909 e. The van der Waals surface area contributed by atoms with Crippen molar-refractivity contribution < 1.29 is 14.6 Å². The molecule has 0 aromatic carbocycles. The lowest BCUT2D eigenvalue weighted by atomic mass is 9.78. The first-order valence-electron chi connectivity index (χ1n) is 6.61. The minimum absolute atomic E-state index is 0.0302. The Bertz CT molecular complexity index is 213. The highest BCUT2D eigenvalue weighted by Gasteiger charge is 2.39. The number of ether oxygens (including phenoxy) is 2.